The summed E-state index contributed by atoms with van der Waals surface area (Å²) in [6.07, 6.45) is 5.57. The Morgan fingerprint density at radius 3 is 2.72 bits per heavy atom. The number of nitrogens with one attached hydrogen (secondary N) is 1. The van der Waals surface area contributed by atoms with Gasteiger partial charge in [0.1, 0.15) is 19.0 Å². The van der Waals surface area contributed by atoms with E-state index in [9.17, 15) is 4.79 Å². The summed E-state index contributed by atoms with van der Waals surface area (Å²) in [4.78, 5) is 16.9. The maximum Gasteiger partial charge on any atom is 0.225 e. The second kappa shape index (κ2) is 7.78. The number of carbonyl (C=O) groups is 1. The minimum Gasteiger partial charge on any atom is -0.486 e. The number of ether oxygens (including phenoxy) is 2. The Morgan fingerprint density at radius 1 is 1.36 bits per heavy atom. The molecule has 0 saturated heterocycles. The first-order chi connectivity index (χ1) is 12.1. The van der Waals surface area contributed by atoms with Gasteiger partial charge in [-0.05, 0) is 18.1 Å². The van der Waals surface area contributed by atoms with Gasteiger partial charge in [-0.25, -0.2) is 4.98 Å². The van der Waals surface area contributed by atoms with Gasteiger partial charge < -0.3 is 19.4 Å². The van der Waals surface area contributed by atoms with Gasteiger partial charge in [-0.2, -0.15) is 0 Å². The molecule has 7 heteroatoms. The lowest BCUT2D eigenvalue weighted by Crippen LogP contribution is -2.31. The monoisotopic (exact) mass is 363 g/mol. The first kappa shape index (κ1) is 17.6. The summed E-state index contributed by atoms with van der Waals surface area (Å²) in [6.45, 7) is 3.09. The number of rotatable bonds is 6. The molecule has 134 valence electrons. The Kier molecular flexibility index (Phi) is 5.48. The fourth-order valence-corrected chi connectivity index (χ4v) is 3.15. The largest absolute Gasteiger partial charge is 0.486 e. The van der Waals surface area contributed by atoms with Gasteiger partial charge in [0, 0.05) is 30.5 Å². The summed E-state index contributed by atoms with van der Waals surface area (Å²) in [5.74, 6) is 2.01. The van der Waals surface area contributed by atoms with Gasteiger partial charge in [-0.1, -0.05) is 24.9 Å². The van der Waals surface area contributed by atoms with Crippen LogP contribution >= 0.6 is 11.6 Å². The summed E-state index contributed by atoms with van der Waals surface area (Å²) >= 11 is 6.30. The molecule has 0 saturated carbocycles. The number of halogens is 1. The average Bonchev–Trinajstić information content (AvgIpc) is 3.01. The van der Waals surface area contributed by atoms with Crippen molar-refractivity contribution >= 4 is 17.5 Å². The summed E-state index contributed by atoms with van der Waals surface area (Å²) < 4.78 is 13.0. The summed E-state index contributed by atoms with van der Waals surface area (Å²) in [7, 11) is 1.93. The highest BCUT2D eigenvalue weighted by Gasteiger charge is 2.20. The maximum atomic E-state index is 12.5. The van der Waals surface area contributed by atoms with Gasteiger partial charge in [-0.15, -0.1) is 0 Å². The number of hydrogen-bond acceptors (Lipinski definition) is 4. The van der Waals surface area contributed by atoms with E-state index in [0.717, 1.165) is 24.2 Å². The van der Waals surface area contributed by atoms with E-state index in [-0.39, 0.29) is 18.4 Å². The molecule has 0 unspecified atom stereocenters. The first-order valence-corrected chi connectivity index (χ1v) is 8.81. The van der Waals surface area contributed by atoms with Crippen LogP contribution in [0.5, 0.6) is 11.5 Å². The topological polar surface area (TPSA) is 65.4 Å². The van der Waals surface area contributed by atoms with Crippen molar-refractivity contribution < 1.29 is 14.3 Å². The zero-order valence-electron chi connectivity index (χ0n) is 14.4. The van der Waals surface area contributed by atoms with Gasteiger partial charge in [0.25, 0.3) is 0 Å². The SMILES string of the molecule is CCC[C@H](NC(=O)Cc1cc2c(cc1Cl)OCCO2)c1nccn1C. The lowest BCUT2D eigenvalue weighted by atomic mass is 10.1. The van der Waals surface area contributed by atoms with E-state index in [1.54, 1.807) is 18.3 Å². The van der Waals surface area contributed by atoms with Crippen molar-refractivity contribution in [3.8, 4) is 11.5 Å². The Morgan fingerprint density at radius 2 is 2.08 bits per heavy atom. The average molecular weight is 364 g/mol. The molecule has 2 aromatic rings. The van der Waals surface area contributed by atoms with Crippen molar-refractivity contribution in [1.29, 1.82) is 0 Å². The number of aryl methyl sites for hydroxylation is 1. The van der Waals surface area contributed by atoms with Crippen LogP contribution in [-0.2, 0) is 18.3 Å². The molecule has 1 aromatic heterocycles. The molecular formula is C18H22ClN3O3. The molecule has 0 radical (unpaired) electrons. The quantitative estimate of drug-likeness (QED) is 0.856. The van der Waals surface area contributed by atoms with E-state index in [4.69, 9.17) is 21.1 Å². The second-order valence-electron chi connectivity index (χ2n) is 6.07. The van der Waals surface area contributed by atoms with E-state index in [0.29, 0.717) is 29.7 Å². The highest BCUT2D eigenvalue weighted by molar-refractivity contribution is 6.31. The molecule has 0 bridgehead atoms. The fourth-order valence-electron chi connectivity index (χ4n) is 2.93. The molecule has 6 nitrogen and oxygen atoms in total. The normalized spacial score (nSPS) is 14.2. The van der Waals surface area contributed by atoms with Crippen LogP contribution in [0.25, 0.3) is 0 Å². The smallest absolute Gasteiger partial charge is 0.225 e. The zero-order chi connectivity index (χ0) is 17.8. The predicted octanol–water partition coefficient (Wildman–Crippen LogP) is 3.04. The van der Waals surface area contributed by atoms with Crippen molar-refractivity contribution in [3.05, 3.63) is 40.9 Å². The van der Waals surface area contributed by atoms with E-state index in [2.05, 4.69) is 17.2 Å². The highest BCUT2D eigenvalue weighted by Crippen LogP contribution is 2.35. The Hall–Kier alpha value is -2.21. The van der Waals surface area contributed by atoms with Gasteiger partial charge in [-0.3, -0.25) is 4.79 Å². The molecule has 25 heavy (non-hydrogen) atoms. The number of imidazole rings is 1. The van der Waals surface area contributed by atoms with Crippen LogP contribution in [0.1, 0.15) is 37.2 Å². The molecule has 2 heterocycles. The van der Waals surface area contributed by atoms with Crippen LogP contribution in [0, 0.1) is 0 Å². The lowest BCUT2D eigenvalue weighted by Gasteiger charge is -2.21. The minimum atomic E-state index is -0.117. The maximum absolute atomic E-state index is 12.5. The van der Waals surface area contributed by atoms with Crippen LogP contribution in [-0.4, -0.2) is 28.7 Å². The second-order valence-corrected chi connectivity index (χ2v) is 6.48. The summed E-state index contributed by atoms with van der Waals surface area (Å²) in [5, 5.41) is 3.57. The van der Waals surface area contributed by atoms with Crippen LogP contribution in [0.4, 0.5) is 0 Å². The number of fused-ring (bicyclic) bond motifs is 1. The van der Waals surface area contributed by atoms with E-state index in [1.165, 1.54) is 0 Å². The molecule has 1 aliphatic rings. The Bertz CT molecular complexity index is 760. The van der Waals surface area contributed by atoms with Crippen LogP contribution in [0.2, 0.25) is 5.02 Å². The van der Waals surface area contributed by atoms with Gasteiger partial charge in [0.05, 0.1) is 12.5 Å². The third kappa shape index (κ3) is 4.07. The van der Waals surface area contributed by atoms with Gasteiger partial charge in [0.2, 0.25) is 5.91 Å². The Labute approximate surface area is 152 Å². The Balaban J connectivity index is 1.72. The van der Waals surface area contributed by atoms with Crippen LogP contribution in [0.3, 0.4) is 0 Å². The minimum absolute atomic E-state index is 0.0972. The van der Waals surface area contributed by atoms with Crippen molar-refractivity contribution in [3.63, 3.8) is 0 Å². The number of nitrogens with zero attached hydrogens (tertiary/aromatic N) is 2. The number of benzene rings is 1. The third-order valence-corrected chi connectivity index (χ3v) is 4.50. The number of amides is 1. The highest BCUT2D eigenvalue weighted by atomic mass is 35.5. The molecule has 1 aromatic carbocycles. The van der Waals surface area contributed by atoms with Gasteiger partial charge in [0.15, 0.2) is 11.5 Å². The molecule has 0 fully saturated rings. The van der Waals surface area contributed by atoms with E-state index in [1.807, 2.05) is 17.8 Å². The summed E-state index contributed by atoms with van der Waals surface area (Å²) in [6, 6.07) is 3.38. The molecule has 1 N–H and O–H groups in total. The molecule has 0 spiro atoms. The summed E-state index contributed by atoms with van der Waals surface area (Å²) in [5.41, 5.74) is 0.721. The molecular weight excluding hydrogens is 342 g/mol. The zero-order valence-corrected chi connectivity index (χ0v) is 15.2. The molecule has 3 rings (SSSR count). The molecule has 1 amide bonds. The fraction of sp³-hybridized carbons (Fsp3) is 0.444. The molecule has 1 atom stereocenters. The van der Waals surface area contributed by atoms with Crippen LogP contribution in [0.15, 0.2) is 24.5 Å². The predicted molar refractivity (Wildman–Crippen MR) is 95.1 cm³/mol. The van der Waals surface area contributed by atoms with E-state index < -0.39 is 0 Å². The lowest BCUT2D eigenvalue weighted by molar-refractivity contribution is -0.121. The van der Waals surface area contributed by atoms with Crippen molar-refractivity contribution in [1.82, 2.24) is 14.9 Å². The third-order valence-electron chi connectivity index (χ3n) is 4.14. The number of carbonyl (C=O) groups excluding carboxylic acids is 1. The standard InChI is InChI=1S/C18H22ClN3O3/c1-3-4-14(18-20-5-6-22(18)2)21-17(23)10-12-9-15-16(11-13(12)19)25-8-7-24-15/h5-6,9,11,14H,3-4,7-8,10H2,1-2H3,(H,21,23)/t14-/m0/s1. The van der Waals surface area contributed by atoms with Crippen molar-refractivity contribution in [2.75, 3.05) is 13.2 Å². The first-order valence-electron chi connectivity index (χ1n) is 8.43. The molecule has 1 aliphatic heterocycles. The number of aromatic nitrogens is 2. The van der Waals surface area contributed by atoms with Crippen LogP contribution < -0.4 is 14.8 Å². The van der Waals surface area contributed by atoms with Crippen molar-refractivity contribution in [2.24, 2.45) is 7.05 Å². The molecule has 0 aliphatic carbocycles. The van der Waals surface area contributed by atoms with E-state index >= 15 is 0 Å². The van der Waals surface area contributed by atoms with Gasteiger partial charge >= 0.3 is 0 Å². The van der Waals surface area contributed by atoms with Crippen molar-refractivity contribution in [2.45, 2.75) is 32.2 Å². The number of hydrogen-bond donors (Lipinski definition) is 1.